The Bertz CT molecular complexity index is 587. The SMILES string of the molecule is Cc1cnc(-c2nc3c([nH]2)CCCNC3=O)cn1. The van der Waals surface area contributed by atoms with Crippen molar-refractivity contribution in [2.45, 2.75) is 19.8 Å². The molecule has 0 fully saturated rings. The predicted octanol–water partition coefficient (Wildman–Crippen LogP) is 0.851. The molecule has 0 saturated heterocycles. The van der Waals surface area contributed by atoms with Crippen LogP contribution in [0.1, 0.15) is 28.3 Å². The Hall–Kier alpha value is -2.24. The Morgan fingerprint density at radius 3 is 2.94 bits per heavy atom. The van der Waals surface area contributed by atoms with Crippen LogP contribution in [0.25, 0.3) is 11.5 Å². The van der Waals surface area contributed by atoms with E-state index >= 15 is 0 Å². The summed E-state index contributed by atoms with van der Waals surface area (Å²) in [6.07, 6.45) is 5.08. The van der Waals surface area contributed by atoms with Crippen LogP contribution in [0.5, 0.6) is 0 Å². The number of hydrogen-bond donors (Lipinski definition) is 2. The summed E-state index contributed by atoms with van der Waals surface area (Å²) in [5.74, 6) is 0.481. The van der Waals surface area contributed by atoms with Crippen LogP contribution in [0.15, 0.2) is 12.4 Å². The van der Waals surface area contributed by atoms with Gasteiger partial charge in [0.25, 0.3) is 5.91 Å². The van der Waals surface area contributed by atoms with E-state index < -0.39 is 0 Å². The van der Waals surface area contributed by atoms with Crippen LogP contribution in [-0.4, -0.2) is 32.4 Å². The fraction of sp³-hybridized carbons (Fsp3) is 0.333. The third-order valence-electron chi connectivity index (χ3n) is 2.91. The maximum absolute atomic E-state index is 11.8. The van der Waals surface area contributed by atoms with Gasteiger partial charge in [0, 0.05) is 18.4 Å². The number of nitrogens with zero attached hydrogens (tertiary/aromatic N) is 3. The van der Waals surface area contributed by atoms with Crippen molar-refractivity contribution in [1.29, 1.82) is 0 Å². The van der Waals surface area contributed by atoms with E-state index in [1.165, 1.54) is 0 Å². The van der Waals surface area contributed by atoms with Crippen LogP contribution in [0.2, 0.25) is 0 Å². The van der Waals surface area contributed by atoms with Crippen molar-refractivity contribution >= 4 is 5.91 Å². The first-order chi connectivity index (χ1) is 8.74. The molecule has 18 heavy (non-hydrogen) atoms. The Balaban J connectivity index is 2.02. The Kier molecular flexibility index (Phi) is 2.55. The normalized spacial score (nSPS) is 14.8. The monoisotopic (exact) mass is 243 g/mol. The van der Waals surface area contributed by atoms with Gasteiger partial charge in [-0.15, -0.1) is 0 Å². The molecular formula is C12H13N5O. The second kappa shape index (κ2) is 4.21. The minimum Gasteiger partial charge on any atom is -0.351 e. The molecule has 2 N–H and O–H groups in total. The van der Waals surface area contributed by atoms with E-state index in [0.29, 0.717) is 23.8 Å². The van der Waals surface area contributed by atoms with Gasteiger partial charge in [-0.25, -0.2) is 9.97 Å². The molecule has 92 valence electrons. The number of aromatic nitrogens is 4. The first-order valence-corrected chi connectivity index (χ1v) is 5.90. The van der Waals surface area contributed by atoms with Crippen LogP contribution in [0.4, 0.5) is 0 Å². The number of aromatic amines is 1. The van der Waals surface area contributed by atoms with Gasteiger partial charge in [0.2, 0.25) is 0 Å². The number of carbonyl (C=O) groups excluding carboxylic acids is 1. The lowest BCUT2D eigenvalue weighted by atomic mass is 10.2. The quantitative estimate of drug-likeness (QED) is 0.777. The second-order valence-electron chi connectivity index (χ2n) is 4.32. The largest absolute Gasteiger partial charge is 0.351 e. The maximum atomic E-state index is 11.8. The number of rotatable bonds is 1. The van der Waals surface area contributed by atoms with Crippen LogP contribution >= 0.6 is 0 Å². The summed E-state index contributed by atoms with van der Waals surface area (Å²) in [5.41, 5.74) is 2.86. The van der Waals surface area contributed by atoms with Crippen molar-refractivity contribution in [3.63, 3.8) is 0 Å². The number of amides is 1. The fourth-order valence-corrected chi connectivity index (χ4v) is 1.97. The van der Waals surface area contributed by atoms with E-state index in [4.69, 9.17) is 0 Å². The van der Waals surface area contributed by atoms with Crippen molar-refractivity contribution in [2.24, 2.45) is 0 Å². The zero-order valence-electron chi connectivity index (χ0n) is 10.0. The molecular weight excluding hydrogens is 230 g/mol. The number of carbonyl (C=O) groups is 1. The summed E-state index contributed by atoms with van der Waals surface area (Å²) in [6, 6.07) is 0. The molecule has 1 amide bonds. The second-order valence-corrected chi connectivity index (χ2v) is 4.32. The molecule has 0 saturated carbocycles. The molecule has 1 aliphatic heterocycles. The van der Waals surface area contributed by atoms with E-state index in [-0.39, 0.29) is 5.91 Å². The summed E-state index contributed by atoms with van der Waals surface area (Å²) >= 11 is 0. The lowest BCUT2D eigenvalue weighted by Crippen LogP contribution is -2.23. The number of fused-ring (bicyclic) bond motifs is 1. The van der Waals surface area contributed by atoms with Gasteiger partial charge in [-0.05, 0) is 19.8 Å². The third kappa shape index (κ3) is 1.85. The summed E-state index contributed by atoms with van der Waals surface area (Å²) in [7, 11) is 0. The number of imidazole rings is 1. The molecule has 1 aliphatic rings. The molecule has 0 aromatic carbocycles. The van der Waals surface area contributed by atoms with Gasteiger partial charge in [0.1, 0.15) is 11.4 Å². The molecule has 6 nitrogen and oxygen atoms in total. The standard InChI is InChI=1S/C12H13N5O/c1-7-5-15-9(6-14-7)11-16-8-3-2-4-13-12(18)10(8)17-11/h5-6H,2-4H2,1H3,(H,13,18)(H,16,17). The molecule has 3 heterocycles. The van der Waals surface area contributed by atoms with Crippen molar-refractivity contribution in [3.05, 3.63) is 29.5 Å². The topological polar surface area (TPSA) is 83.6 Å². The zero-order chi connectivity index (χ0) is 12.5. The van der Waals surface area contributed by atoms with Crippen molar-refractivity contribution in [3.8, 4) is 11.5 Å². The predicted molar refractivity (Wildman–Crippen MR) is 65.0 cm³/mol. The van der Waals surface area contributed by atoms with Crippen molar-refractivity contribution in [2.75, 3.05) is 6.54 Å². The van der Waals surface area contributed by atoms with Crippen LogP contribution in [-0.2, 0) is 6.42 Å². The highest BCUT2D eigenvalue weighted by Crippen LogP contribution is 2.18. The Labute approximate surface area is 104 Å². The summed E-state index contributed by atoms with van der Waals surface area (Å²) < 4.78 is 0. The van der Waals surface area contributed by atoms with E-state index in [2.05, 4.69) is 25.3 Å². The molecule has 0 spiro atoms. The molecule has 0 radical (unpaired) electrons. The number of H-pyrrole nitrogens is 1. The fourth-order valence-electron chi connectivity index (χ4n) is 1.97. The molecule has 2 aromatic heterocycles. The zero-order valence-corrected chi connectivity index (χ0v) is 10.0. The van der Waals surface area contributed by atoms with Gasteiger partial charge in [-0.2, -0.15) is 0 Å². The average Bonchev–Trinajstić information content (AvgIpc) is 2.72. The van der Waals surface area contributed by atoms with Crippen molar-refractivity contribution < 1.29 is 4.79 Å². The van der Waals surface area contributed by atoms with E-state index in [1.807, 2.05) is 6.92 Å². The highest BCUT2D eigenvalue weighted by atomic mass is 16.1. The average molecular weight is 243 g/mol. The van der Waals surface area contributed by atoms with Crippen LogP contribution < -0.4 is 5.32 Å². The molecule has 0 unspecified atom stereocenters. The molecule has 2 aromatic rings. The third-order valence-corrected chi connectivity index (χ3v) is 2.91. The van der Waals surface area contributed by atoms with E-state index in [0.717, 1.165) is 24.2 Å². The molecule has 0 aliphatic carbocycles. The summed E-state index contributed by atoms with van der Waals surface area (Å²) in [4.78, 5) is 27.7. The molecule has 6 heteroatoms. The first-order valence-electron chi connectivity index (χ1n) is 5.90. The van der Waals surface area contributed by atoms with Gasteiger partial charge in [0.15, 0.2) is 5.82 Å². The Morgan fingerprint density at radius 2 is 2.17 bits per heavy atom. The Morgan fingerprint density at radius 1 is 1.28 bits per heavy atom. The summed E-state index contributed by atoms with van der Waals surface area (Å²) in [6.45, 7) is 2.57. The smallest absolute Gasteiger partial charge is 0.271 e. The summed E-state index contributed by atoms with van der Waals surface area (Å²) in [5, 5.41) is 2.82. The van der Waals surface area contributed by atoms with Gasteiger partial charge < -0.3 is 10.3 Å². The molecule has 0 bridgehead atoms. The van der Waals surface area contributed by atoms with Crippen LogP contribution in [0.3, 0.4) is 0 Å². The van der Waals surface area contributed by atoms with Crippen molar-refractivity contribution in [1.82, 2.24) is 25.3 Å². The number of hydrogen-bond acceptors (Lipinski definition) is 4. The number of nitrogens with one attached hydrogen (secondary N) is 2. The highest BCUT2D eigenvalue weighted by Gasteiger charge is 2.20. The highest BCUT2D eigenvalue weighted by molar-refractivity contribution is 5.94. The van der Waals surface area contributed by atoms with E-state index in [1.54, 1.807) is 12.4 Å². The minimum atomic E-state index is -0.120. The van der Waals surface area contributed by atoms with Gasteiger partial charge in [-0.1, -0.05) is 0 Å². The maximum Gasteiger partial charge on any atom is 0.271 e. The lowest BCUT2D eigenvalue weighted by molar-refractivity contribution is 0.0951. The van der Waals surface area contributed by atoms with Gasteiger partial charge in [0.05, 0.1) is 11.9 Å². The van der Waals surface area contributed by atoms with Crippen LogP contribution in [0, 0.1) is 6.92 Å². The first kappa shape index (κ1) is 10.9. The number of aryl methyl sites for hydroxylation is 2. The van der Waals surface area contributed by atoms with Gasteiger partial charge >= 0.3 is 0 Å². The van der Waals surface area contributed by atoms with E-state index in [9.17, 15) is 4.79 Å². The lowest BCUT2D eigenvalue weighted by Gasteiger charge is -1.97. The van der Waals surface area contributed by atoms with Gasteiger partial charge in [-0.3, -0.25) is 9.78 Å². The molecule has 0 atom stereocenters. The minimum absolute atomic E-state index is 0.120. The molecule has 3 rings (SSSR count).